The molecule has 2 aliphatic rings. The molecule has 0 spiro atoms. The van der Waals surface area contributed by atoms with Gasteiger partial charge in [-0.1, -0.05) is 12.1 Å². The standard InChI is InChI=1S/C23H29NO5S/c1-17-23(29-21-11-10-20(27-2)16-22(21)30(17,25)26)18-6-8-19(9-7-18)28-15-5-14-24-12-3-4-13-24/h6-11,16-17,23H,3-5,12-15H2,1-2H3/t17-,23+/m0/s1. The smallest absolute Gasteiger partial charge is 0.188 e. The molecular weight excluding hydrogens is 402 g/mol. The summed E-state index contributed by atoms with van der Waals surface area (Å²) in [4.78, 5) is 2.66. The van der Waals surface area contributed by atoms with Gasteiger partial charge in [-0.25, -0.2) is 8.42 Å². The van der Waals surface area contributed by atoms with E-state index in [2.05, 4.69) is 4.90 Å². The van der Waals surface area contributed by atoms with Crippen LogP contribution in [0.2, 0.25) is 0 Å². The lowest BCUT2D eigenvalue weighted by Gasteiger charge is -2.31. The summed E-state index contributed by atoms with van der Waals surface area (Å²) in [5.41, 5.74) is 0.817. The summed E-state index contributed by atoms with van der Waals surface area (Å²) in [6, 6.07) is 12.4. The summed E-state index contributed by atoms with van der Waals surface area (Å²) in [5, 5.41) is -0.704. The number of methoxy groups -OCH3 is 1. The molecule has 2 aromatic rings. The van der Waals surface area contributed by atoms with Gasteiger partial charge >= 0.3 is 0 Å². The Kier molecular flexibility index (Phi) is 6.20. The number of hydrogen-bond acceptors (Lipinski definition) is 6. The van der Waals surface area contributed by atoms with Crippen LogP contribution in [0, 0.1) is 0 Å². The fraction of sp³-hybridized carbons (Fsp3) is 0.478. The second-order valence-electron chi connectivity index (χ2n) is 7.92. The Morgan fingerprint density at radius 1 is 1.07 bits per heavy atom. The van der Waals surface area contributed by atoms with Crippen molar-refractivity contribution in [2.24, 2.45) is 0 Å². The van der Waals surface area contributed by atoms with Crippen LogP contribution in [0.5, 0.6) is 17.2 Å². The minimum Gasteiger partial charge on any atom is -0.497 e. The largest absolute Gasteiger partial charge is 0.497 e. The third kappa shape index (κ3) is 4.27. The number of fused-ring (bicyclic) bond motifs is 1. The van der Waals surface area contributed by atoms with Crippen molar-refractivity contribution in [3.05, 3.63) is 48.0 Å². The molecule has 7 heteroatoms. The molecule has 1 saturated heterocycles. The lowest BCUT2D eigenvalue weighted by molar-refractivity contribution is 0.188. The van der Waals surface area contributed by atoms with Gasteiger partial charge in [-0.2, -0.15) is 0 Å². The lowest BCUT2D eigenvalue weighted by Crippen LogP contribution is -2.34. The molecular formula is C23H29NO5S. The SMILES string of the molecule is COc1ccc2c(c1)S(=O)(=O)[C@@H](C)[C@H](c1ccc(OCCCN3CCCC3)cc1)O2. The predicted molar refractivity (Wildman–Crippen MR) is 115 cm³/mol. The van der Waals surface area contributed by atoms with Crippen molar-refractivity contribution >= 4 is 9.84 Å². The van der Waals surface area contributed by atoms with Crippen LogP contribution in [0.1, 0.15) is 37.9 Å². The third-order valence-corrected chi connectivity index (χ3v) is 8.08. The Morgan fingerprint density at radius 2 is 1.77 bits per heavy atom. The normalized spacial score (nSPS) is 22.9. The maximum atomic E-state index is 13.0. The first kappa shape index (κ1) is 21.0. The summed E-state index contributed by atoms with van der Waals surface area (Å²) in [7, 11) is -2.01. The van der Waals surface area contributed by atoms with Crippen LogP contribution < -0.4 is 14.2 Å². The van der Waals surface area contributed by atoms with E-state index in [9.17, 15) is 8.42 Å². The maximum Gasteiger partial charge on any atom is 0.188 e. The first-order chi connectivity index (χ1) is 14.5. The molecule has 2 atom stereocenters. The quantitative estimate of drug-likeness (QED) is 0.621. The van der Waals surface area contributed by atoms with Gasteiger partial charge in [0, 0.05) is 12.6 Å². The number of nitrogens with zero attached hydrogens (tertiary/aromatic N) is 1. The van der Waals surface area contributed by atoms with Crippen LogP contribution in [-0.2, 0) is 9.84 Å². The average Bonchev–Trinajstić information content (AvgIpc) is 3.28. The van der Waals surface area contributed by atoms with Crippen molar-refractivity contribution in [1.82, 2.24) is 4.90 Å². The fourth-order valence-corrected chi connectivity index (χ4v) is 5.72. The highest BCUT2D eigenvalue weighted by Crippen LogP contribution is 2.42. The van der Waals surface area contributed by atoms with Crippen molar-refractivity contribution in [1.29, 1.82) is 0 Å². The zero-order valence-corrected chi connectivity index (χ0v) is 18.4. The Balaban J connectivity index is 1.42. The van der Waals surface area contributed by atoms with Crippen molar-refractivity contribution in [2.75, 3.05) is 33.4 Å². The van der Waals surface area contributed by atoms with Crippen molar-refractivity contribution in [3.63, 3.8) is 0 Å². The molecule has 0 bridgehead atoms. The highest BCUT2D eigenvalue weighted by atomic mass is 32.2. The molecule has 2 aromatic carbocycles. The van der Waals surface area contributed by atoms with E-state index in [0.29, 0.717) is 18.1 Å². The molecule has 30 heavy (non-hydrogen) atoms. The zero-order chi connectivity index (χ0) is 21.1. The molecule has 162 valence electrons. The zero-order valence-electron chi connectivity index (χ0n) is 17.5. The van der Waals surface area contributed by atoms with Gasteiger partial charge in [0.15, 0.2) is 9.84 Å². The summed E-state index contributed by atoms with van der Waals surface area (Å²) in [6.45, 7) is 5.84. The molecule has 1 fully saturated rings. The van der Waals surface area contributed by atoms with Crippen LogP contribution in [0.3, 0.4) is 0 Å². The van der Waals surface area contributed by atoms with Gasteiger partial charge in [0.05, 0.1) is 13.7 Å². The second-order valence-corrected chi connectivity index (χ2v) is 10.2. The molecule has 0 N–H and O–H groups in total. The van der Waals surface area contributed by atoms with Gasteiger partial charge in [-0.3, -0.25) is 0 Å². The Hall–Kier alpha value is -2.25. The van der Waals surface area contributed by atoms with E-state index in [0.717, 1.165) is 24.3 Å². The van der Waals surface area contributed by atoms with Crippen LogP contribution in [-0.4, -0.2) is 51.9 Å². The first-order valence-corrected chi connectivity index (χ1v) is 12.1. The average molecular weight is 432 g/mol. The minimum absolute atomic E-state index is 0.184. The monoisotopic (exact) mass is 431 g/mol. The molecule has 0 unspecified atom stereocenters. The number of rotatable bonds is 7. The Labute approximate surface area is 178 Å². The van der Waals surface area contributed by atoms with Gasteiger partial charge in [0.25, 0.3) is 0 Å². The van der Waals surface area contributed by atoms with Crippen molar-refractivity contribution in [2.45, 2.75) is 42.4 Å². The van der Waals surface area contributed by atoms with Crippen LogP contribution >= 0.6 is 0 Å². The molecule has 0 aliphatic carbocycles. The van der Waals surface area contributed by atoms with Gasteiger partial charge in [0.2, 0.25) is 0 Å². The lowest BCUT2D eigenvalue weighted by atomic mass is 10.1. The Morgan fingerprint density at radius 3 is 2.47 bits per heavy atom. The summed E-state index contributed by atoms with van der Waals surface area (Å²) in [5.74, 6) is 1.65. The summed E-state index contributed by atoms with van der Waals surface area (Å²) in [6.07, 6.45) is 3.04. The summed E-state index contributed by atoms with van der Waals surface area (Å²) >= 11 is 0. The van der Waals surface area contributed by atoms with E-state index in [1.54, 1.807) is 19.1 Å². The van der Waals surface area contributed by atoms with Crippen LogP contribution in [0.4, 0.5) is 0 Å². The predicted octanol–water partition coefficient (Wildman–Crippen LogP) is 3.86. The van der Waals surface area contributed by atoms with Crippen LogP contribution in [0.15, 0.2) is 47.4 Å². The maximum absolute atomic E-state index is 13.0. The fourth-order valence-electron chi connectivity index (χ4n) is 4.11. The highest BCUT2D eigenvalue weighted by Gasteiger charge is 2.40. The Bertz CT molecular complexity index is 968. The van der Waals surface area contributed by atoms with E-state index in [-0.39, 0.29) is 4.90 Å². The number of benzene rings is 2. The van der Waals surface area contributed by atoms with Gasteiger partial charge < -0.3 is 19.1 Å². The first-order valence-electron chi connectivity index (χ1n) is 10.5. The molecule has 0 aromatic heterocycles. The molecule has 0 radical (unpaired) electrons. The van der Waals surface area contributed by atoms with Gasteiger partial charge in [-0.05, 0) is 69.1 Å². The van der Waals surface area contributed by atoms with Crippen molar-refractivity contribution < 1.29 is 22.6 Å². The number of likely N-dealkylation sites (tertiary alicyclic amines) is 1. The molecule has 2 aliphatic heterocycles. The minimum atomic E-state index is -3.53. The molecule has 4 rings (SSSR count). The molecule has 0 saturated carbocycles. The molecule has 2 heterocycles. The highest BCUT2D eigenvalue weighted by molar-refractivity contribution is 7.92. The van der Waals surface area contributed by atoms with E-state index in [1.165, 1.54) is 39.1 Å². The second kappa shape index (κ2) is 8.86. The van der Waals surface area contributed by atoms with E-state index in [4.69, 9.17) is 14.2 Å². The van der Waals surface area contributed by atoms with Crippen molar-refractivity contribution in [3.8, 4) is 17.2 Å². The van der Waals surface area contributed by atoms with Crippen LogP contribution in [0.25, 0.3) is 0 Å². The van der Waals surface area contributed by atoms with E-state index >= 15 is 0 Å². The summed E-state index contributed by atoms with van der Waals surface area (Å²) < 4.78 is 43.2. The third-order valence-electron chi connectivity index (χ3n) is 5.92. The van der Waals surface area contributed by atoms with Gasteiger partial charge in [0.1, 0.15) is 33.5 Å². The number of hydrogen-bond donors (Lipinski definition) is 0. The molecule has 6 nitrogen and oxygen atoms in total. The number of sulfone groups is 1. The number of ether oxygens (including phenoxy) is 3. The molecule has 0 amide bonds. The van der Waals surface area contributed by atoms with E-state index < -0.39 is 21.2 Å². The van der Waals surface area contributed by atoms with Gasteiger partial charge in [-0.15, -0.1) is 0 Å². The topological polar surface area (TPSA) is 65.1 Å². The van der Waals surface area contributed by atoms with E-state index in [1.807, 2.05) is 24.3 Å².